The van der Waals surface area contributed by atoms with Crippen LogP contribution in [-0.4, -0.2) is 18.3 Å². The molecule has 3 heteroatoms. The SMILES string of the molecule is Cc1ccc(C2=Nc3ccccc3C(=O)OC2)cc1. The van der Waals surface area contributed by atoms with Crippen LogP contribution in [0.15, 0.2) is 53.5 Å². The molecule has 0 saturated heterocycles. The Bertz CT molecular complexity index is 657. The molecule has 3 rings (SSSR count). The second kappa shape index (κ2) is 4.69. The molecule has 0 radical (unpaired) electrons. The smallest absolute Gasteiger partial charge is 0.340 e. The van der Waals surface area contributed by atoms with Crippen LogP contribution in [0.1, 0.15) is 21.5 Å². The monoisotopic (exact) mass is 251 g/mol. The number of nitrogens with zero attached hydrogens (tertiary/aromatic N) is 1. The highest BCUT2D eigenvalue weighted by Crippen LogP contribution is 2.23. The Labute approximate surface area is 111 Å². The van der Waals surface area contributed by atoms with Crippen LogP contribution >= 0.6 is 0 Å². The molecule has 0 saturated carbocycles. The first kappa shape index (κ1) is 11.7. The molecule has 0 amide bonds. The Morgan fingerprint density at radius 2 is 1.79 bits per heavy atom. The molecule has 0 spiro atoms. The average Bonchev–Trinajstić information content (AvgIpc) is 2.60. The maximum absolute atomic E-state index is 11.8. The highest BCUT2D eigenvalue weighted by atomic mass is 16.5. The number of hydrogen-bond donors (Lipinski definition) is 0. The summed E-state index contributed by atoms with van der Waals surface area (Å²) in [6.45, 7) is 2.24. The maximum Gasteiger partial charge on any atom is 0.340 e. The van der Waals surface area contributed by atoms with E-state index in [1.54, 1.807) is 6.07 Å². The Morgan fingerprint density at radius 1 is 1.05 bits per heavy atom. The number of benzene rings is 2. The lowest BCUT2D eigenvalue weighted by molar-refractivity contribution is 0.0568. The lowest BCUT2D eigenvalue weighted by Gasteiger charge is -2.04. The number of carbonyl (C=O) groups is 1. The van der Waals surface area contributed by atoms with E-state index < -0.39 is 0 Å². The Kier molecular flexibility index (Phi) is 2.88. The zero-order chi connectivity index (χ0) is 13.2. The number of cyclic esters (lactones) is 1. The van der Waals surface area contributed by atoms with Crippen molar-refractivity contribution >= 4 is 17.4 Å². The van der Waals surface area contributed by atoms with Crippen LogP contribution < -0.4 is 0 Å². The van der Waals surface area contributed by atoms with Gasteiger partial charge in [0.1, 0.15) is 6.61 Å². The van der Waals surface area contributed by atoms with Crippen molar-refractivity contribution in [3.63, 3.8) is 0 Å². The van der Waals surface area contributed by atoms with Gasteiger partial charge in [0.2, 0.25) is 0 Å². The number of fused-ring (bicyclic) bond motifs is 1. The second-order valence-electron chi connectivity index (χ2n) is 4.52. The number of aliphatic imine (C=N–C) groups is 1. The molecule has 0 N–H and O–H groups in total. The predicted octanol–water partition coefficient (Wildman–Crippen LogP) is 3.29. The number of rotatable bonds is 1. The van der Waals surface area contributed by atoms with Gasteiger partial charge in [-0.25, -0.2) is 9.79 Å². The minimum atomic E-state index is -0.318. The molecule has 19 heavy (non-hydrogen) atoms. The van der Waals surface area contributed by atoms with Crippen molar-refractivity contribution in [2.75, 3.05) is 6.61 Å². The molecule has 0 aliphatic carbocycles. The molecule has 0 aromatic heterocycles. The van der Waals surface area contributed by atoms with Gasteiger partial charge >= 0.3 is 5.97 Å². The van der Waals surface area contributed by atoms with E-state index in [4.69, 9.17) is 4.74 Å². The van der Waals surface area contributed by atoms with Crippen molar-refractivity contribution in [3.05, 3.63) is 65.2 Å². The largest absolute Gasteiger partial charge is 0.455 e. The fourth-order valence-corrected chi connectivity index (χ4v) is 2.03. The molecule has 2 aromatic rings. The van der Waals surface area contributed by atoms with Gasteiger partial charge in [-0.05, 0) is 24.6 Å². The van der Waals surface area contributed by atoms with Crippen molar-refractivity contribution in [1.29, 1.82) is 0 Å². The molecule has 94 valence electrons. The Morgan fingerprint density at radius 3 is 2.58 bits per heavy atom. The van der Waals surface area contributed by atoms with Crippen molar-refractivity contribution in [2.45, 2.75) is 6.92 Å². The fourth-order valence-electron chi connectivity index (χ4n) is 2.03. The minimum absolute atomic E-state index is 0.205. The van der Waals surface area contributed by atoms with E-state index in [0.29, 0.717) is 11.3 Å². The molecule has 0 fully saturated rings. The molecule has 0 unspecified atom stereocenters. The zero-order valence-corrected chi connectivity index (χ0v) is 10.6. The number of para-hydroxylation sites is 1. The van der Waals surface area contributed by atoms with Crippen LogP contribution in [0.3, 0.4) is 0 Å². The zero-order valence-electron chi connectivity index (χ0n) is 10.6. The first-order valence-electron chi connectivity index (χ1n) is 6.15. The van der Waals surface area contributed by atoms with E-state index in [0.717, 1.165) is 11.3 Å². The van der Waals surface area contributed by atoms with Gasteiger partial charge in [-0.3, -0.25) is 0 Å². The Hall–Kier alpha value is -2.42. The average molecular weight is 251 g/mol. The molecular weight excluding hydrogens is 238 g/mol. The first-order valence-corrected chi connectivity index (χ1v) is 6.15. The molecule has 0 bridgehead atoms. The van der Waals surface area contributed by atoms with Crippen molar-refractivity contribution in [1.82, 2.24) is 0 Å². The van der Waals surface area contributed by atoms with E-state index in [-0.39, 0.29) is 12.6 Å². The molecular formula is C16H13NO2. The van der Waals surface area contributed by atoms with Crippen molar-refractivity contribution in [2.24, 2.45) is 4.99 Å². The maximum atomic E-state index is 11.8. The summed E-state index contributed by atoms with van der Waals surface area (Å²) >= 11 is 0. The number of carbonyl (C=O) groups excluding carboxylic acids is 1. The third-order valence-corrected chi connectivity index (χ3v) is 3.10. The van der Waals surface area contributed by atoms with Crippen molar-refractivity contribution in [3.8, 4) is 0 Å². The normalized spacial score (nSPS) is 14.2. The van der Waals surface area contributed by atoms with E-state index in [1.165, 1.54) is 5.56 Å². The minimum Gasteiger partial charge on any atom is -0.455 e. The summed E-state index contributed by atoms with van der Waals surface area (Å²) in [5.74, 6) is -0.318. The predicted molar refractivity (Wildman–Crippen MR) is 74.1 cm³/mol. The highest BCUT2D eigenvalue weighted by Gasteiger charge is 2.18. The van der Waals surface area contributed by atoms with Crippen LogP contribution in [0.25, 0.3) is 0 Å². The van der Waals surface area contributed by atoms with Gasteiger partial charge in [0, 0.05) is 0 Å². The van der Waals surface area contributed by atoms with Crippen molar-refractivity contribution < 1.29 is 9.53 Å². The molecule has 1 heterocycles. The molecule has 0 atom stereocenters. The van der Waals surface area contributed by atoms with E-state index in [2.05, 4.69) is 4.99 Å². The van der Waals surface area contributed by atoms with E-state index in [1.807, 2.05) is 49.4 Å². The highest BCUT2D eigenvalue weighted by molar-refractivity contribution is 6.08. The third kappa shape index (κ3) is 2.27. The summed E-state index contributed by atoms with van der Waals surface area (Å²) < 4.78 is 5.26. The lowest BCUT2D eigenvalue weighted by atomic mass is 10.1. The van der Waals surface area contributed by atoms with Gasteiger partial charge in [0.05, 0.1) is 17.0 Å². The van der Waals surface area contributed by atoms with Crippen LogP contribution in [-0.2, 0) is 4.74 Å². The van der Waals surface area contributed by atoms with Gasteiger partial charge in [-0.1, -0.05) is 42.0 Å². The van der Waals surface area contributed by atoms with E-state index >= 15 is 0 Å². The molecule has 2 aromatic carbocycles. The summed E-state index contributed by atoms with van der Waals surface area (Å²) in [6.07, 6.45) is 0. The summed E-state index contributed by atoms with van der Waals surface area (Å²) in [4.78, 5) is 16.4. The van der Waals surface area contributed by atoms with Crippen LogP contribution in [0, 0.1) is 6.92 Å². The summed E-state index contributed by atoms with van der Waals surface area (Å²) in [6, 6.07) is 15.3. The van der Waals surface area contributed by atoms with E-state index in [9.17, 15) is 4.79 Å². The standard InChI is InChI=1S/C16H13NO2/c1-11-6-8-12(9-7-11)15-10-19-16(18)13-4-2-3-5-14(13)17-15/h2-9H,10H2,1H3. The summed E-state index contributed by atoms with van der Waals surface area (Å²) in [7, 11) is 0. The number of aryl methyl sites for hydroxylation is 1. The van der Waals surface area contributed by atoms with Gasteiger partial charge in [-0.15, -0.1) is 0 Å². The lowest BCUT2D eigenvalue weighted by Crippen LogP contribution is -2.12. The summed E-state index contributed by atoms with van der Waals surface area (Å²) in [5.41, 5.74) is 4.13. The molecule has 1 aliphatic heterocycles. The second-order valence-corrected chi connectivity index (χ2v) is 4.52. The topological polar surface area (TPSA) is 38.7 Å². The Balaban J connectivity index is 2.07. The molecule has 3 nitrogen and oxygen atoms in total. The van der Waals surface area contributed by atoms with Gasteiger partial charge in [0.15, 0.2) is 0 Å². The number of ether oxygens (including phenoxy) is 1. The fraction of sp³-hybridized carbons (Fsp3) is 0.125. The van der Waals surface area contributed by atoms with Gasteiger partial charge in [-0.2, -0.15) is 0 Å². The summed E-state index contributed by atoms with van der Waals surface area (Å²) in [5, 5.41) is 0. The third-order valence-electron chi connectivity index (χ3n) is 3.10. The van der Waals surface area contributed by atoms with Gasteiger partial charge < -0.3 is 4.74 Å². The quantitative estimate of drug-likeness (QED) is 0.729. The number of hydrogen-bond acceptors (Lipinski definition) is 3. The van der Waals surface area contributed by atoms with Crippen LogP contribution in [0.4, 0.5) is 5.69 Å². The first-order chi connectivity index (χ1) is 9.24. The van der Waals surface area contributed by atoms with Gasteiger partial charge in [0.25, 0.3) is 0 Å². The number of esters is 1. The van der Waals surface area contributed by atoms with Crippen LogP contribution in [0.2, 0.25) is 0 Å². The van der Waals surface area contributed by atoms with Crippen LogP contribution in [0.5, 0.6) is 0 Å². The molecule has 1 aliphatic rings.